The summed E-state index contributed by atoms with van der Waals surface area (Å²) in [6, 6.07) is 14.5. The summed E-state index contributed by atoms with van der Waals surface area (Å²) in [5, 5.41) is 20.4. The Balaban J connectivity index is 0.00000155. The second-order valence-electron chi connectivity index (χ2n) is 8.32. The molecule has 0 fully saturated rings. The summed E-state index contributed by atoms with van der Waals surface area (Å²) in [6.45, 7) is 18.5. The van der Waals surface area contributed by atoms with Gasteiger partial charge in [0.2, 0.25) is 0 Å². The molecule has 0 heterocycles. The third-order valence-electron chi connectivity index (χ3n) is 6.35. The van der Waals surface area contributed by atoms with Gasteiger partial charge >= 0.3 is 0 Å². The van der Waals surface area contributed by atoms with Crippen molar-refractivity contribution in [1.29, 1.82) is 0 Å². The lowest BCUT2D eigenvalue weighted by atomic mass is 9.69. The maximum Gasteiger partial charge on any atom is 0.121 e. The van der Waals surface area contributed by atoms with Crippen LogP contribution < -0.4 is 0 Å². The van der Waals surface area contributed by atoms with Crippen molar-refractivity contribution in [2.24, 2.45) is 0 Å². The van der Waals surface area contributed by atoms with Crippen LogP contribution in [0.2, 0.25) is 0 Å². The Bertz CT molecular complexity index is 957. The van der Waals surface area contributed by atoms with Gasteiger partial charge in [0.05, 0.1) is 0 Å². The normalized spacial score (nSPS) is 12.7. The fraction of sp³-hybridized carbons (Fsp3) is 0.357. The van der Waals surface area contributed by atoms with Crippen LogP contribution >= 0.6 is 0 Å². The fourth-order valence-electron chi connectivity index (χ4n) is 4.04. The van der Waals surface area contributed by atoms with E-state index in [9.17, 15) is 10.2 Å². The number of phenolic OH excluding ortho intramolecular Hbond substituents is 2. The first-order valence-electron chi connectivity index (χ1n) is 10.7. The smallest absolute Gasteiger partial charge is 0.121 e. The largest absolute Gasteiger partial charge is 0.508 e. The number of aryl methyl sites for hydroxylation is 5. The predicted octanol–water partition coefficient (Wildman–Crippen LogP) is 7.33. The molecule has 30 heavy (non-hydrogen) atoms. The Hall–Kier alpha value is -2.74. The van der Waals surface area contributed by atoms with Crippen LogP contribution in [0.1, 0.15) is 70.8 Å². The molecule has 0 amide bonds. The molecule has 0 spiro atoms. The molecule has 3 aromatic carbocycles. The van der Waals surface area contributed by atoms with Crippen LogP contribution in [0.5, 0.6) is 11.5 Å². The molecule has 0 aliphatic heterocycles. The minimum Gasteiger partial charge on any atom is -0.508 e. The fourth-order valence-corrected chi connectivity index (χ4v) is 4.04. The second kappa shape index (κ2) is 8.95. The highest BCUT2D eigenvalue weighted by Crippen LogP contribution is 2.43. The SMILES string of the molecule is CC.Cc1cc(C(C)(c2cc(C)c(C)c(C)c2)c2cc(C)c(O)c(C)c2)ccc1O. The molecule has 0 bridgehead atoms. The molecule has 160 valence electrons. The third-order valence-corrected chi connectivity index (χ3v) is 6.35. The Kier molecular flexibility index (Phi) is 7.02. The molecule has 1 atom stereocenters. The summed E-state index contributed by atoms with van der Waals surface area (Å²) < 4.78 is 0. The van der Waals surface area contributed by atoms with Gasteiger partial charge in [-0.05, 0) is 105 Å². The lowest BCUT2D eigenvalue weighted by Crippen LogP contribution is -2.26. The molecule has 2 N–H and O–H groups in total. The Morgan fingerprint density at radius 3 is 1.40 bits per heavy atom. The lowest BCUT2D eigenvalue weighted by Gasteiger charge is -2.34. The maximum absolute atomic E-state index is 10.3. The topological polar surface area (TPSA) is 40.5 Å². The zero-order valence-corrected chi connectivity index (χ0v) is 19.9. The number of rotatable bonds is 3. The summed E-state index contributed by atoms with van der Waals surface area (Å²) in [5.74, 6) is 0.657. The summed E-state index contributed by atoms with van der Waals surface area (Å²) in [4.78, 5) is 0. The summed E-state index contributed by atoms with van der Waals surface area (Å²) in [7, 11) is 0. The van der Waals surface area contributed by atoms with Crippen LogP contribution in [-0.4, -0.2) is 10.2 Å². The highest BCUT2D eigenvalue weighted by Gasteiger charge is 2.33. The molecular formula is C28H36O2. The molecule has 1 unspecified atom stereocenters. The molecule has 0 aliphatic carbocycles. The number of hydrogen-bond acceptors (Lipinski definition) is 2. The van der Waals surface area contributed by atoms with Crippen molar-refractivity contribution < 1.29 is 10.2 Å². The van der Waals surface area contributed by atoms with Crippen LogP contribution in [-0.2, 0) is 5.41 Å². The average molecular weight is 405 g/mol. The van der Waals surface area contributed by atoms with E-state index in [-0.39, 0.29) is 0 Å². The number of hydrogen-bond donors (Lipinski definition) is 2. The molecular weight excluding hydrogens is 368 g/mol. The quantitative estimate of drug-likeness (QED) is 0.449. The van der Waals surface area contributed by atoms with Crippen LogP contribution in [0.4, 0.5) is 0 Å². The standard InChI is InChI=1S/C26H30O2.C2H6/c1-15-10-22(11-16(2)20(15)6)26(7,21-8-9-24(27)17(3)12-21)23-13-18(4)25(28)19(5)14-23;1-2/h8-14,27-28H,1-7H3;1-2H3. The van der Waals surface area contributed by atoms with Gasteiger partial charge in [-0.2, -0.15) is 0 Å². The highest BCUT2D eigenvalue weighted by atomic mass is 16.3. The second-order valence-corrected chi connectivity index (χ2v) is 8.32. The van der Waals surface area contributed by atoms with Crippen molar-refractivity contribution in [2.75, 3.05) is 0 Å². The average Bonchev–Trinajstić information content (AvgIpc) is 2.72. The molecule has 0 saturated carbocycles. The monoisotopic (exact) mass is 404 g/mol. The number of benzene rings is 3. The van der Waals surface area contributed by atoms with Gasteiger partial charge in [0.15, 0.2) is 0 Å². The van der Waals surface area contributed by atoms with Crippen molar-refractivity contribution in [3.8, 4) is 11.5 Å². The Morgan fingerprint density at radius 2 is 0.967 bits per heavy atom. The molecule has 0 radical (unpaired) electrons. The summed E-state index contributed by atoms with van der Waals surface area (Å²) in [5.41, 5.74) is 9.50. The minimum absolute atomic E-state index is 0.306. The molecule has 3 aromatic rings. The van der Waals surface area contributed by atoms with E-state index >= 15 is 0 Å². The van der Waals surface area contributed by atoms with Gasteiger partial charge < -0.3 is 10.2 Å². The van der Waals surface area contributed by atoms with Gasteiger partial charge in [0, 0.05) is 5.41 Å². The first kappa shape index (κ1) is 23.5. The van der Waals surface area contributed by atoms with Crippen molar-refractivity contribution >= 4 is 0 Å². The van der Waals surface area contributed by atoms with Gasteiger partial charge in [0.25, 0.3) is 0 Å². The molecule has 0 saturated heterocycles. The summed E-state index contributed by atoms with van der Waals surface area (Å²) >= 11 is 0. The van der Waals surface area contributed by atoms with Crippen LogP contribution in [0.25, 0.3) is 0 Å². The lowest BCUT2D eigenvalue weighted by molar-refractivity contribution is 0.466. The van der Waals surface area contributed by atoms with E-state index in [0.29, 0.717) is 11.5 Å². The van der Waals surface area contributed by atoms with Crippen molar-refractivity contribution in [2.45, 2.75) is 67.7 Å². The van der Waals surface area contributed by atoms with Gasteiger partial charge in [-0.3, -0.25) is 0 Å². The Morgan fingerprint density at radius 1 is 0.567 bits per heavy atom. The first-order chi connectivity index (χ1) is 14.1. The zero-order chi connectivity index (χ0) is 22.8. The van der Waals surface area contributed by atoms with E-state index in [1.807, 2.05) is 40.7 Å². The van der Waals surface area contributed by atoms with Gasteiger partial charge in [-0.15, -0.1) is 0 Å². The van der Waals surface area contributed by atoms with E-state index < -0.39 is 5.41 Å². The van der Waals surface area contributed by atoms with E-state index in [2.05, 4.69) is 58.0 Å². The van der Waals surface area contributed by atoms with Gasteiger partial charge in [-0.1, -0.05) is 50.2 Å². The minimum atomic E-state index is -0.412. The maximum atomic E-state index is 10.3. The van der Waals surface area contributed by atoms with Crippen LogP contribution in [0.15, 0.2) is 42.5 Å². The molecule has 0 aliphatic rings. The third kappa shape index (κ3) is 4.09. The molecule has 0 aromatic heterocycles. The van der Waals surface area contributed by atoms with Crippen LogP contribution in [0.3, 0.4) is 0 Å². The number of phenols is 2. The molecule has 3 rings (SSSR count). The summed E-state index contributed by atoms with van der Waals surface area (Å²) in [6.07, 6.45) is 0. The number of aromatic hydroxyl groups is 2. The highest BCUT2D eigenvalue weighted by molar-refractivity contribution is 5.57. The van der Waals surface area contributed by atoms with Crippen LogP contribution in [0, 0.1) is 41.5 Å². The molecule has 2 nitrogen and oxygen atoms in total. The van der Waals surface area contributed by atoms with Gasteiger partial charge in [0.1, 0.15) is 11.5 Å². The van der Waals surface area contributed by atoms with Crippen molar-refractivity contribution in [1.82, 2.24) is 0 Å². The Labute approximate surface area is 182 Å². The van der Waals surface area contributed by atoms with E-state index in [1.54, 1.807) is 6.07 Å². The van der Waals surface area contributed by atoms with E-state index in [1.165, 1.54) is 22.3 Å². The van der Waals surface area contributed by atoms with Crippen molar-refractivity contribution in [3.63, 3.8) is 0 Å². The predicted molar refractivity (Wildman–Crippen MR) is 128 cm³/mol. The first-order valence-corrected chi connectivity index (χ1v) is 10.7. The van der Waals surface area contributed by atoms with Crippen molar-refractivity contribution in [3.05, 3.63) is 92.5 Å². The van der Waals surface area contributed by atoms with Gasteiger partial charge in [-0.25, -0.2) is 0 Å². The zero-order valence-electron chi connectivity index (χ0n) is 19.9. The molecule has 2 heteroatoms. The van der Waals surface area contributed by atoms with E-state index in [4.69, 9.17) is 0 Å². The van der Waals surface area contributed by atoms with E-state index in [0.717, 1.165) is 27.8 Å².